The van der Waals surface area contributed by atoms with Gasteiger partial charge < -0.3 is 0 Å². The third kappa shape index (κ3) is 1.88. The van der Waals surface area contributed by atoms with Gasteiger partial charge in [0.2, 0.25) is 5.82 Å². The third-order valence-electron chi connectivity index (χ3n) is 1.82. The Labute approximate surface area is 86.0 Å². The summed E-state index contributed by atoms with van der Waals surface area (Å²) >= 11 is 0. The predicted octanol–water partition coefficient (Wildman–Crippen LogP) is 0.145. The molecule has 0 saturated carbocycles. The average molecular weight is 203 g/mol. The summed E-state index contributed by atoms with van der Waals surface area (Å²) in [4.78, 5) is 19.6. The van der Waals surface area contributed by atoms with Crippen LogP contribution in [-0.2, 0) is 7.05 Å². The minimum Gasteiger partial charge on any atom is -0.283 e. The highest BCUT2D eigenvalue weighted by Crippen LogP contribution is 2.01. The number of carbonyl (C=O) groups excluding carboxylic acids is 1. The van der Waals surface area contributed by atoms with Crippen molar-refractivity contribution in [2.45, 2.75) is 6.92 Å². The van der Waals surface area contributed by atoms with Crippen molar-refractivity contribution in [1.82, 2.24) is 25.0 Å². The van der Waals surface area contributed by atoms with E-state index in [2.05, 4.69) is 20.3 Å². The van der Waals surface area contributed by atoms with Crippen molar-refractivity contribution in [3.8, 4) is 0 Å². The summed E-state index contributed by atoms with van der Waals surface area (Å²) in [5, 5.41) is 7.37. The Hall–Kier alpha value is -2.11. The van der Waals surface area contributed by atoms with Crippen LogP contribution in [0.2, 0.25) is 0 Å². The van der Waals surface area contributed by atoms with Crippen molar-refractivity contribution in [3.05, 3.63) is 35.7 Å². The van der Waals surface area contributed by atoms with Gasteiger partial charge in [-0.15, -0.1) is 5.10 Å². The van der Waals surface area contributed by atoms with E-state index >= 15 is 0 Å². The van der Waals surface area contributed by atoms with Gasteiger partial charge in [0.05, 0.1) is 6.20 Å². The highest BCUT2D eigenvalue weighted by Gasteiger charge is 2.15. The van der Waals surface area contributed by atoms with Gasteiger partial charge in [0, 0.05) is 19.4 Å². The normalized spacial score (nSPS) is 10.3. The van der Waals surface area contributed by atoms with E-state index in [9.17, 15) is 4.79 Å². The van der Waals surface area contributed by atoms with Gasteiger partial charge in [-0.05, 0) is 12.5 Å². The second-order valence-electron chi connectivity index (χ2n) is 3.19. The zero-order chi connectivity index (χ0) is 10.8. The molecule has 0 radical (unpaired) electrons. The fourth-order valence-corrected chi connectivity index (χ4v) is 1.08. The van der Waals surface area contributed by atoms with E-state index in [0.29, 0.717) is 0 Å². The Morgan fingerprint density at radius 1 is 1.33 bits per heavy atom. The van der Waals surface area contributed by atoms with Crippen LogP contribution in [0.15, 0.2) is 18.6 Å². The summed E-state index contributed by atoms with van der Waals surface area (Å²) in [5.74, 6) is -0.177. The number of carbonyl (C=O) groups is 1. The monoisotopic (exact) mass is 203 g/mol. The molecule has 6 heteroatoms. The molecule has 6 nitrogen and oxygen atoms in total. The number of hydrogen-bond donors (Lipinski definition) is 0. The third-order valence-corrected chi connectivity index (χ3v) is 1.82. The van der Waals surface area contributed by atoms with Gasteiger partial charge in [-0.3, -0.25) is 9.48 Å². The van der Waals surface area contributed by atoms with Crippen molar-refractivity contribution in [2.75, 3.05) is 0 Å². The maximum absolute atomic E-state index is 11.7. The highest BCUT2D eigenvalue weighted by molar-refractivity contribution is 6.04. The first-order valence-corrected chi connectivity index (χ1v) is 4.36. The topological polar surface area (TPSA) is 73.6 Å². The maximum atomic E-state index is 11.7. The van der Waals surface area contributed by atoms with Crippen LogP contribution in [0.4, 0.5) is 0 Å². The molecule has 0 saturated heterocycles. The average Bonchev–Trinajstić information content (AvgIpc) is 2.65. The Bertz CT molecular complexity index is 487. The highest BCUT2D eigenvalue weighted by atomic mass is 16.1. The molecule has 0 atom stereocenters. The van der Waals surface area contributed by atoms with Crippen molar-refractivity contribution in [3.63, 3.8) is 0 Å². The second kappa shape index (κ2) is 3.56. The second-order valence-corrected chi connectivity index (χ2v) is 3.19. The van der Waals surface area contributed by atoms with Crippen LogP contribution in [0, 0.1) is 6.92 Å². The van der Waals surface area contributed by atoms with Crippen molar-refractivity contribution in [2.24, 2.45) is 7.05 Å². The van der Waals surface area contributed by atoms with Gasteiger partial charge in [-0.2, -0.15) is 0 Å². The molecule has 0 fully saturated rings. The number of hydrogen-bond acceptors (Lipinski definition) is 5. The van der Waals surface area contributed by atoms with Crippen LogP contribution in [0.25, 0.3) is 0 Å². The van der Waals surface area contributed by atoms with Gasteiger partial charge in [-0.25, -0.2) is 9.97 Å². The molecule has 0 aliphatic heterocycles. The molecular formula is C9H9N5O. The minimum absolute atomic E-state index is 0.140. The van der Waals surface area contributed by atoms with E-state index in [-0.39, 0.29) is 17.3 Å². The van der Waals surface area contributed by atoms with Gasteiger partial charge in [0.15, 0.2) is 5.69 Å². The van der Waals surface area contributed by atoms with Gasteiger partial charge >= 0.3 is 0 Å². The van der Waals surface area contributed by atoms with E-state index in [4.69, 9.17) is 0 Å². The summed E-state index contributed by atoms with van der Waals surface area (Å²) < 4.78 is 1.46. The van der Waals surface area contributed by atoms with Crippen molar-refractivity contribution < 1.29 is 4.79 Å². The molecule has 2 aromatic rings. The summed E-state index contributed by atoms with van der Waals surface area (Å²) in [6.07, 6.45) is 4.72. The fraction of sp³-hybridized carbons (Fsp3) is 0.222. The molecule has 0 aromatic carbocycles. The van der Waals surface area contributed by atoms with E-state index in [0.717, 1.165) is 5.56 Å². The molecule has 2 heterocycles. The summed E-state index contributed by atoms with van der Waals surface area (Å²) in [6, 6.07) is 0. The van der Waals surface area contributed by atoms with E-state index in [1.54, 1.807) is 19.4 Å². The first kappa shape index (κ1) is 9.45. The largest absolute Gasteiger partial charge is 0.283 e. The number of nitrogens with zero attached hydrogens (tertiary/aromatic N) is 5. The van der Waals surface area contributed by atoms with Crippen LogP contribution >= 0.6 is 0 Å². The SMILES string of the molecule is Cc1cnc(C(=O)c2cn(C)nn2)nc1. The van der Waals surface area contributed by atoms with Crippen LogP contribution < -0.4 is 0 Å². The summed E-state index contributed by atoms with van der Waals surface area (Å²) in [6.45, 7) is 1.86. The summed E-state index contributed by atoms with van der Waals surface area (Å²) in [7, 11) is 1.69. The number of rotatable bonds is 2. The lowest BCUT2D eigenvalue weighted by molar-refractivity contribution is 0.102. The lowest BCUT2D eigenvalue weighted by Crippen LogP contribution is -2.07. The number of aromatic nitrogens is 5. The van der Waals surface area contributed by atoms with Crippen LogP contribution in [0.1, 0.15) is 21.9 Å². The molecule has 0 spiro atoms. The van der Waals surface area contributed by atoms with Crippen molar-refractivity contribution >= 4 is 5.78 Å². The maximum Gasteiger partial charge on any atom is 0.252 e. The Balaban J connectivity index is 2.32. The predicted molar refractivity (Wildman–Crippen MR) is 51.2 cm³/mol. The molecule has 2 rings (SSSR count). The van der Waals surface area contributed by atoms with Crippen LogP contribution in [0.5, 0.6) is 0 Å². The zero-order valence-electron chi connectivity index (χ0n) is 8.38. The number of aryl methyl sites for hydroxylation is 2. The van der Waals surface area contributed by atoms with E-state index in [1.165, 1.54) is 10.9 Å². The zero-order valence-corrected chi connectivity index (χ0v) is 8.38. The molecule has 0 N–H and O–H groups in total. The smallest absolute Gasteiger partial charge is 0.252 e. The molecule has 0 aliphatic rings. The standard InChI is InChI=1S/C9H9N5O/c1-6-3-10-9(11-4-6)8(15)7-5-14(2)13-12-7/h3-5H,1-2H3. The lowest BCUT2D eigenvalue weighted by Gasteiger charge is -1.95. The molecule has 0 amide bonds. The number of ketones is 1. The van der Waals surface area contributed by atoms with Gasteiger partial charge in [-0.1, -0.05) is 5.21 Å². The Morgan fingerprint density at radius 3 is 2.53 bits per heavy atom. The Morgan fingerprint density at radius 2 is 2.00 bits per heavy atom. The lowest BCUT2D eigenvalue weighted by atomic mass is 10.3. The molecule has 2 aromatic heterocycles. The Kier molecular flexibility index (Phi) is 2.24. The molecule has 0 bridgehead atoms. The molecule has 76 valence electrons. The van der Waals surface area contributed by atoms with Gasteiger partial charge in [0.1, 0.15) is 0 Å². The quantitative estimate of drug-likeness (QED) is 0.649. The van der Waals surface area contributed by atoms with Crippen LogP contribution in [0.3, 0.4) is 0 Å². The first-order valence-electron chi connectivity index (χ1n) is 4.36. The minimum atomic E-state index is -0.317. The molecule has 15 heavy (non-hydrogen) atoms. The van der Waals surface area contributed by atoms with Crippen molar-refractivity contribution in [1.29, 1.82) is 0 Å². The van der Waals surface area contributed by atoms with Gasteiger partial charge in [0.25, 0.3) is 5.78 Å². The van der Waals surface area contributed by atoms with E-state index < -0.39 is 0 Å². The van der Waals surface area contributed by atoms with E-state index in [1.807, 2.05) is 6.92 Å². The molecule has 0 aliphatic carbocycles. The summed E-state index contributed by atoms with van der Waals surface area (Å²) in [5.41, 5.74) is 1.16. The first-order chi connectivity index (χ1) is 7.16. The fourth-order valence-electron chi connectivity index (χ4n) is 1.08. The molecule has 0 unspecified atom stereocenters. The molecular weight excluding hydrogens is 194 g/mol. The van der Waals surface area contributed by atoms with Crippen LogP contribution in [-0.4, -0.2) is 30.7 Å².